The molecule has 1 amide bonds. The molecule has 1 aliphatic rings. The maximum atomic E-state index is 13.3. The lowest BCUT2D eigenvalue weighted by atomic mass is 9.98. The van der Waals surface area contributed by atoms with E-state index in [0.717, 1.165) is 18.2 Å². The minimum atomic E-state index is -3.94. The highest BCUT2D eigenvalue weighted by Gasteiger charge is 2.31. The SMILES string of the molecule is CC1CCN(C(=O)C(CCn2ccnc2NO)NS(=O)(=O)c2ccc3cc[nH]c3c2)CC1. The van der Waals surface area contributed by atoms with Crippen LogP contribution in [0.1, 0.15) is 26.2 Å². The van der Waals surface area contributed by atoms with Gasteiger partial charge in [-0.2, -0.15) is 4.72 Å². The number of fused-ring (bicyclic) bond motifs is 1. The third kappa shape index (κ3) is 4.79. The Balaban J connectivity index is 1.56. The van der Waals surface area contributed by atoms with Gasteiger partial charge in [-0.1, -0.05) is 13.0 Å². The van der Waals surface area contributed by atoms with Crippen LogP contribution >= 0.6 is 0 Å². The van der Waals surface area contributed by atoms with Crippen LogP contribution in [0.5, 0.6) is 0 Å². The molecule has 4 N–H and O–H groups in total. The van der Waals surface area contributed by atoms with Gasteiger partial charge in [0, 0.05) is 43.7 Å². The largest absolute Gasteiger partial charge is 0.361 e. The molecule has 1 aromatic carbocycles. The Bertz CT molecular complexity index is 1180. The van der Waals surface area contributed by atoms with Crippen molar-refractivity contribution in [2.45, 2.75) is 43.7 Å². The number of nitrogens with zero attached hydrogens (tertiary/aromatic N) is 3. The summed E-state index contributed by atoms with van der Waals surface area (Å²) in [5, 5.41) is 10.1. The van der Waals surface area contributed by atoms with Crippen LogP contribution in [0.2, 0.25) is 0 Å². The molecule has 3 aromatic rings. The Kier molecular flexibility index (Phi) is 6.49. The molecular weight excluding hydrogens is 432 g/mol. The molecule has 3 heterocycles. The number of aromatic amines is 1. The molecule has 1 atom stereocenters. The molecule has 1 saturated heterocycles. The number of carbonyl (C=O) groups excluding carboxylic acids is 1. The number of likely N-dealkylation sites (tertiary alicyclic amines) is 1. The van der Waals surface area contributed by atoms with Crippen LogP contribution in [0.25, 0.3) is 10.9 Å². The minimum absolute atomic E-state index is 0.0952. The lowest BCUT2D eigenvalue weighted by Gasteiger charge is -2.33. The van der Waals surface area contributed by atoms with E-state index in [1.165, 1.54) is 12.3 Å². The second-order valence-electron chi connectivity index (χ2n) is 8.25. The smallest absolute Gasteiger partial charge is 0.241 e. The van der Waals surface area contributed by atoms with Crippen molar-refractivity contribution in [2.75, 3.05) is 18.6 Å². The lowest BCUT2D eigenvalue weighted by molar-refractivity contribution is -0.134. The number of benzene rings is 1. The normalized spacial score (nSPS) is 16.4. The fourth-order valence-corrected chi connectivity index (χ4v) is 5.25. The topological polar surface area (TPSA) is 132 Å². The number of hydrogen-bond donors (Lipinski definition) is 4. The summed E-state index contributed by atoms with van der Waals surface area (Å²) in [5.41, 5.74) is 2.71. The summed E-state index contributed by atoms with van der Waals surface area (Å²) in [4.78, 5) is 22.1. The van der Waals surface area contributed by atoms with Gasteiger partial charge in [0.05, 0.1) is 4.90 Å². The Labute approximate surface area is 186 Å². The number of piperidine rings is 1. The predicted molar refractivity (Wildman–Crippen MR) is 120 cm³/mol. The van der Waals surface area contributed by atoms with Crippen molar-refractivity contribution in [3.05, 3.63) is 42.9 Å². The van der Waals surface area contributed by atoms with E-state index < -0.39 is 16.1 Å². The van der Waals surface area contributed by atoms with Gasteiger partial charge in [0.1, 0.15) is 6.04 Å². The molecule has 2 aromatic heterocycles. The summed E-state index contributed by atoms with van der Waals surface area (Å²) in [7, 11) is -3.94. The molecule has 1 aliphatic heterocycles. The fourth-order valence-electron chi connectivity index (χ4n) is 4.00. The van der Waals surface area contributed by atoms with E-state index in [1.54, 1.807) is 34.0 Å². The van der Waals surface area contributed by atoms with Gasteiger partial charge in [-0.3, -0.25) is 10.0 Å². The Hall–Kier alpha value is -2.89. The molecular formula is C21H28N6O4S. The Morgan fingerprint density at radius 2 is 2.09 bits per heavy atom. The van der Waals surface area contributed by atoms with Gasteiger partial charge in [-0.15, -0.1) is 0 Å². The molecule has 0 radical (unpaired) electrons. The van der Waals surface area contributed by atoms with Gasteiger partial charge in [-0.25, -0.2) is 18.9 Å². The van der Waals surface area contributed by atoms with Crippen molar-refractivity contribution in [1.82, 2.24) is 24.2 Å². The zero-order chi connectivity index (χ0) is 22.7. The first-order chi connectivity index (χ1) is 15.4. The molecule has 0 bridgehead atoms. The second-order valence-corrected chi connectivity index (χ2v) is 9.97. The fraction of sp³-hybridized carbons (Fsp3) is 0.429. The monoisotopic (exact) mass is 460 g/mol. The number of H-pyrrole nitrogens is 1. The van der Waals surface area contributed by atoms with Crippen molar-refractivity contribution >= 4 is 32.8 Å². The Morgan fingerprint density at radius 3 is 2.84 bits per heavy atom. The number of imidazole rings is 1. The average molecular weight is 461 g/mol. The molecule has 32 heavy (non-hydrogen) atoms. The summed E-state index contributed by atoms with van der Waals surface area (Å²) in [5.74, 6) is 0.536. The summed E-state index contributed by atoms with van der Waals surface area (Å²) in [6, 6.07) is 5.74. The average Bonchev–Trinajstić information content (AvgIpc) is 3.45. The third-order valence-electron chi connectivity index (χ3n) is 6.00. The highest BCUT2D eigenvalue weighted by Crippen LogP contribution is 2.21. The van der Waals surface area contributed by atoms with E-state index >= 15 is 0 Å². The molecule has 172 valence electrons. The number of hydrogen-bond acceptors (Lipinski definition) is 6. The number of rotatable bonds is 8. The van der Waals surface area contributed by atoms with Gasteiger partial charge < -0.3 is 14.5 Å². The Morgan fingerprint density at radius 1 is 1.31 bits per heavy atom. The van der Waals surface area contributed by atoms with Crippen molar-refractivity contribution in [3.63, 3.8) is 0 Å². The second kappa shape index (κ2) is 9.31. The van der Waals surface area contributed by atoms with E-state index in [4.69, 9.17) is 0 Å². The first-order valence-corrected chi connectivity index (χ1v) is 12.1. The summed E-state index contributed by atoms with van der Waals surface area (Å²) < 4.78 is 30.6. The van der Waals surface area contributed by atoms with Crippen molar-refractivity contribution in [3.8, 4) is 0 Å². The summed E-state index contributed by atoms with van der Waals surface area (Å²) in [6.07, 6.45) is 6.91. The molecule has 11 heteroatoms. The number of aromatic nitrogens is 3. The van der Waals surface area contributed by atoms with Crippen molar-refractivity contribution in [1.29, 1.82) is 0 Å². The van der Waals surface area contributed by atoms with Crippen molar-refractivity contribution in [2.24, 2.45) is 5.92 Å². The highest BCUT2D eigenvalue weighted by atomic mass is 32.2. The van der Waals surface area contributed by atoms with Gasteiger partial charge in [0.15, 0.2) is 0 Å². The summed E-state index contributed by atoms with van der Waals surface area (Å²) in [6.45, 7) is 3.67. The minimum Gasteiger partial charge on any atom is -0.361 e. The zero-order valence-corrected chi connectivity index (χ0v) is 18.7. The summed E-state index contributed by atoms with van der Waals surface area (Å²) >= 11 is 0. The molecule has 1 fully saturated rings. The van der Waals surface area contributed by atoms with Gasteiger partial charge in [-0.05, 0) is 48.8 Å². The van der Waals surface area contributed by atoms with E-state index in [1.807, 2.05) is 11.5 Å². The van der Waals surface area contributed by atoms with Crippen molar-refractivity contribution < 1.29 is 18.4 Å². The van der Waals surface area contributed by atoms with Crippen LogP contribution in [0.4, 0.5) is 5.95 Å². The molecule has 0 saturated carbocycles. The number of carbonyl (C=O) groups is 1. The van der Waals surface area contributed by atoms with E-state index in [9.17, 15) is 18.4 Å². The first-order valence-electron chi connectivity index (χ1n) is 10.7. The maximum Gasteiger partial charge on any atom is 0.241 e. The molecule has 4 rings (SSSR count). The van der Waals surface area contributed by atoms with Gasteiger partial charge >= 0.3 is 0 Å². The number of sulfonamides is 1. The lowest BCUT2D eigenvalue weighted by Crippen LogP contribution is -2.50. The number of nitrogens with one attached hydrogen (secondary N) is 3. The molecule has 0 aliphatic carbocycles. The third-order valence-corrected chi connectivity index (χ3v) is 7.47. The van der Waals surface area contributed by atoms with E-state index in [0.29, 0.717) is 31.1 Å². The van der Waals surface area contributed by atoms with Crippen LogP contribution in [-0.4, -0.2) is 58.1 Å². The standard InChI is InChI=1S/C21H28N6O4S/c1-15-5-10-26(11-6-15)20(28)18(7-12-27-13-9-23-21(27)24-29)25-32(30,31)17-3-2-16-4-8-22-19(16)14-17/h2-4,8-9,13-15,18,22,25,29H,5-7,10-12H2,1H3,(H,23,24). The maximum absolute atomic E-state index is 13.3. The van der Waals surface area contributed by atoms with Gasteiger partial charge in [0.25, 0.3) is 0 Å². The van der Waals surface area contributed by atoms with Crippen LogP contribution in [0.3, 0.4) is 0 Å². The number of amides is 1. The van der Waals surface area contributed by atoms with Crippen LogP contribution in [0, 0.1) is 5.92 Å². The van der Waals surface area contributed by atoms with E-state index in [2.05, 4.69) is 21.6 Å². The van der Waals surface area contributed by atoms with E-state index in [-0.39, 0.29) is 23.2 Å². The molecule has 1 unspecified atom stereocenters. The predicted octanol–water partition coefficient (Wildman–Crippen LogP) is 2.16. The first kappa shape index (κ1) is 22.3. The molecule has 10 nitrogen and oxygen atoms in total. The van der Waals surface area contributed by atoms with Crippen LogP contribution in [-0.2, 0) is 21.4 Å². The number of anilines is 1. The van der Waals surface area contributed by atoms with Crippen LogP contribution in [0.15, 0.2) is 47.8 Å². The quantitative estimate of drug-likeness (QED) is 0.381. The highest BCUT2D eigenvalue weighted by molar-refractivity contribution is 7.89. The number of aryl methyl sites for hydroxylation is 1. The van der Waals surface area contributed by atoms with Gasteiger partial charge in [0.2, 0.25) is 21.9 Å². The van der Waals surface area contributed by atoms with Crippen LogP contribution < -0.4 is 10.2 Å². The molecule has 0 spiro atoms. The zero-order valence-electron chi connectivity index (χ0n) is 17.9.